The Morgan fingerprint density at radius 3 is 2.59 bits per heavy atom. The molecule has 0 spiro atoms. The number of hydrogen-bond donors (Lipinski definition) is 1. The summed E-state index contributed by atoms with van der Waals surface area (Å²) in [6, 6.07) is 3.92. The Morgan fingerprint density at radius 2 is 2.06 bits per heavy atom. The molecule has 0 aliphatic rings. The van der Waals surface area contributed by atoms with Gasteiger partial charge in [0.2, 0.25) is 0 Å². The molecule has 1 aromatic carbocycles. The molecule has 1 N–H and O–H groups in total. The number of carbonyl (C=O) groups excluding carboxylic acids is 1. The molecule has 3 nitrogen and oxygen atoms in total. The Kier molecular flexibility index (Phi) is 5.22. The zero-order valence-electron chi connectivity index (χ0n) is 10.0. The molecule has 0 heterocycles. The highest BCUT2D eigenvalue weighted by molar-refractivity contribution is 9.10. The lowest BCUT2D eigenvalue weighted by atomic mass is 10.1. The second kappa shape index (κ2) is 6.45. The molecule has 1 amide bonds. The van der Waals surface area contributed by atoms with Crippen molar-refractivity contribution in [2.45, 2.75) is 13.8 Å². The van der Waals surface area contributed by atoms with Gasteiger partial charge in [0.1, 0.15) is 5.75 Å². The molecule has 0 aliphatic carbocycles. The van der Waals surface area contributed by atoms with E-state index in [2.05, 4.69) is 27.8 Å². The molecular formula is C13H16BrNO2. The molecule has 0 aliphatic heterocycles. The Morgan fingerprint density at radius 1 is 1.47 bits per heavy atom. The van der Waals surface area contributed by atoms with E-state index in [1.807, 2.05) is 26.0 Å². The van der Waals surface area contributed by atoms with Crippen LogP contribution in [0, 0.1) is 13.8 Å². The number of rotatable bonds is 5. The van der Waals surface area contributed by atoms with Crippen molar-refractivity contribution in [1.29, 1.82) is 0 Å². The zero-order chi connectivity index (χ0) is 12.8. The first-order valence-electron chi connectivity index (χ1n) is 5.31. The predicted molar refractivity (Wildman–Crippen MR) is 72.3 cm³/mol. The van der Waals surface area contributed by atoms with Gasteiger partial charge in [-0.05, 0) is 37.1 Å². The largest absolute Gasteiger partial charge is 0.483 e. The minimum absolute atomic E-state index is 0.0250. The second-order valence-electron chi connectivity index (χ2n) is 3.75. The van der Waals surface area contributed by atoms with Crippen LogP contribution in [0.1, 0.15) is 11.1 Å². The Labute approximate surface area is 110 Å². The summed E-state index contributed by atoms with van der Waals surface area (Å²) in [4.78, 5) is 11.4. The number of nitrogens with one attached hydrogen (secondary N) is 1. The molecule has 0 aromatic heterocycles. The average Bonchev–Trinajstić information content (AvgIpc) is 2.24. The van der Waals surface area contributed by atoms with Crippen molar-refractivity contribution in [3.63, 3.8) is 0 Å². The molecule has 1 rings (SSSR count). The van der Waals surface area contributed by atoms with E-state index in [1.54, 1.807) is 6.08 Å². The first-order chi connectivity index (χ1) is 8.04. The molecular weight excluding hydrogens is 282 g/mol. The zero-order valence-corrected chi connectivity index (χ0v) is 11.6. The van der Waals surface area contributed by atoms with E-state index in [0.29, 0.717) is 6.54 Å². The molecule has 4 heteroatoms. The fraction of sp³-hybridized carbons (Fsp3) is 0.308. The van der Waals surface area contributed by atoms with Gasteiger partial charge in [-0.25, -0.2) is 0 Å². The van der Waals surface area contributed by atoms with Crippen molar-refractivity contribution in [2.24, 2.45) is 0 Å². The van der Waals surface area contributed by atoms with Crippen molar-refractivity contribution in [3.05, 3.63) is 40.4 Å². The lowest BCUT2D eigenvalue weighted by molar-refractivity contribution is -0.122. The summed E-state index contributed by atoms with van der Waals surface area (Å²) in [6.45, 7) is 7.92. The number of benzene rings is 1. The van der Waals surface area contributed by atoms with Crippen molar-refractivity contribution < 1.29 is 9.53 Å². The highest BCUT2D eigenvalue weighted by Gasteiger charge is 2.07. The summed E-state index contributed by atoms with van der Waals surface area (Å²) in [5.74, 6) is 0.619. The summed E-state index contributed by atoms with van der Waals surface area (Å²) >= 11 is 3.42. The molecule has 0 radical (unpaired) electrons. The van der Waals surface area contributed by atoms with E-state index >= 15 is 0 Å². The summed E-state index contributed by atoms with van der Waals surface area (Å²) in [5.41, 5.74) is 2.02. The smallest absolute Gasteiger partial charge is 0.258 e. The first-order valence-corrected chi connectivity index (χ1v) is 6.11. The van der Waals surface area contributed by atoms with Crippen LogP contribution in [0.25, 0.3) is 0 Å². The van der Waals surface area contributed by atoms with Gasteiger partial charge < -0.3 is 10.1 Å². The normalized spacial score (nSPS) is 9.82. The van der Waals surface area contributed by atoms with Crippen LogP contribution in [0.2, 0.25) is 0 Å². The Balaban J connectivity index is 2.63. The van der Waals surface area contributed by atoms with Crippen LogP contribution >= 0.6 is 15.9 Å². The maximum atomic E-state index is 11.4. The third kappa shape index (κ3) is 4.23. The lowest BCUT2D eigenvalue weighted by Gasteiger charge is -2.12. The van der Waals surface area contributed by atoms with Gasteiger partial charge in [0.15, 0.2) is 6.61 Å². The quantitative estimate of drug-likeness (QED) is 0.849. The maximum absolute atomic E-state index is 11.4. The van der Waals surface area contributed by atoms with Gasteiger partial charge in [0.05, 0.1) is 0 Å². The predicted octanol–water partition coefficient (Wildman–Crippen LogP) is 2.75. The van der Waals surface area contributed by atoms with Crippen LogP contribution < -0.4 is 10.1 Å². The van der Waals surface area contributed by atoms with Gasteiger partial charge in [-0.2, -0.15) is 0 Å². The number of carbonyl (C=O) groups is 1. The van der Waals surface area contributed by atoms with E-state index in [0.717, 1.165) is 21.3 Å². The highest BCUT2D eigenvalue weighted by atomic mass is 79.9. The molecule has 0 unspecified atom stereocenters. The van der Waals surface area contributed by atoms with Crippen molar-refractivity contribution >= 4 is 21.8 Å². The molecule has 17 heavy (non-hydrogen) atoms. The number of ether oxygens (including phenoxy) is 1. The number of aryl methyl sites for hydroxylation is 2. The molecule has 0 bridgehead atoms. The molecule has 0 saturated carbocycles. The van der Waals surface area contributed by atoms with E-state index < -0.39 is 0 Å². The Hall–Kier alpha value is -1.29. The third-order valence-corrected chi connectivity index (χ3v) is 2.67. The van der Waals surface area contributed by atoms with Gasteiger partial charge in [0.25, 0.3) is 5.91 Å². The number of halogens is 1. The van der Waals surface area contributed by atoms with Gasteiger partial charge in [-0.15, -0.1) is 6.58 Å². The summed E-state index contributed by atoms with van der Waals surface area (Å²) in [6.07, 6.45) is 1.63. The average molecular weight is 298 g/mol. The van der Waals surface area contributed by atoms with Crippen molar-refractivity contribution in [1.82, 2.24) is 5.32 Å². The topological polar surface area (TPSA) is 38.3 Å². The highest BCUT2D eigenvalue weighted by Crippen LogP contribution is 2.27. The molecule has 1 aromatic rings. The van der Waals surface area contributed by atoms with Gasteiger partial charge in [-0.1, -0.05) is 22.0 Å². The van der Waals surface area contributed by atoms with Crippen LogP contribution in [-0.4, -0.2) is 19.1 Å². The van der Waals surface area contributed by atoms with E-state index in [9.17, 15) is 4.79 Å². The fourth-order valence-electron chi connectivity index (χ4n) is 1.50. The monoisotopic (exact) mass is 297 g/mol. The SMILES string of the molecule is C=CCNC(=O)COc1c(C)cc(Br)cc1C. The van der Waals surface area contributed by atoms with E-state index in [1.165, 1.54) is 0 Å². The molecule has 0 fully saturated rings. The standard InChI is InChI=1S/C13H16BrNO2/c1-4-5-15-12(16)8-17-13-9(2)6-11(14)7-10(13)3/h4,6-7H,1,5,8H2,2-3H3,(H,15,16). The summed E-state index contributed by atoms with van der Waals surface area (Å²) < 4.78 is 6.52. The summed E-state index contributed by atoms with van der Waals surface area (Å²) in [5, 5.41) is 2.66. The van der Waals surface area contributed by atoms with Gasteiger partial charge in [0, 0.05) is 11.0 Å². The molecule has 0 saturated heterocycles. The minimum atomic E-state index is -0.147. The minimum Gasteiger partial charge on any atom is -0.483 e. The van der Waals surface area contributed by atoms with E-state index in [4.69, 9.17) is 4.74 Å². The third-order valence-electron chi connectivity index (χ3n) is 2.22. The fourth-order valence-corrected chi connectivity index (χ4v) is 2.19. The maximum Gasteiger partial charge on any atom is 0.258 e. The second-order valence-corrected chi connectivity index (χ2v) is 4.67. The first kappa shape index (κ1) is 13.8. The molecule has 92 valence electrons. The van der Waals surface area contributed by atoms with Crippen LogP contribution in [-0.2, 0) is 4.79 Å². The van der Waals surface area contributed by atoms with Crippen LogP contribution in [0.3, 0.4) is 0 Å². The lowest BCUT2D eigenvalue weighted by Crippen LogP contribution is -2.29. The van der Waals surface area contributed by atoms with Crippen molar-refractivity contribution in [2.75, 3.05) is 13.2 Å². The number of hydrogen-bond acceptors (Lipinski definition) is 2. The van der Waals surface area contributed by atoms with Crippen LogP contribution in [0.15, 0.2) is 29.3 Å². The van der Waals surface area contributed by atoms with Crippen molar-refractivity contribution in [3.8, 4) is 5.75 Å². The van der Waals surface area contributed by atoms with Crippen LogP contribution in [0.4, 0.5) is 0 Å². The summed E-state index contributed by atoms with van der Waals surface area (Å²) in [7, 11) is 0. The molecule has 0 atom stereocenters. The van der Waals surface area contributed by atoms with E-state index in [-0.39, 0.29) is 12.5 Å². The Bertz CT molecular complexity index is 406. The number of amides is 1. The van der Waals surface area contributed by atoms with Crippen LogP contribution in [0.5, 0.6) is 5.75 Å². The van der Waals surface area contributed by atoms with Gasteiger partial charge >= 0.3 is 0 Å². The van der Waals surface area contributed by atoms with Gasteiger partial charge in [-0.3, -0.25) is 4.79 Å².